The van der Waals surface area contributed by atoms with Crippen LogP contribution in [0.15, 0.2) is 100 Å². The SMILES string of the molecule is Cc1cc(C)c(B(c2c(C)cc(C)cc2C)C2C=CC(=C3C=CC(B(c4c(C)cc(C)cc4C)c4c(C)cc(C)cc4C)(c4cccs4)S3)S2)c(C)c1. The molecule has 2 aliphatic rings. The summed E-state index contributed by atoms with van der Waals surface area (Å²) in [6, 6.07) is 23.7. The van der Waals surface area contributed by atoms with E-state index in [9.17, 15) is 0 Å². The molecule has 0 nitrogen and oxygen atoms in total. The van der Waals surface area contributed by atoms with Crippen molar-refractivity contribution in [2.24, 2.45) is 0 Å². The summed E-state index contributed by atoms with van der Waals surface area (Å²) in [5.74, 6) is 0. The van der Waals surface area contributed by atoms with Gasteiger partial charge >= 0.3 is 0 Å². The van der Waals surface area contributed by atoms with E-state index < -0.39 is 0 Å². The fourth-order valence-electron chi connectivity index (χ4n) is 9.94. The molecule has 0 saturated carbocycles. The van der Waals surface area contributed by atoms with Crippen LogP contribution in [-0.2, 0) is 4.65 Å². The van der Waals surface area contributed by atoms with Crippen molar-refractivity contribution in [3.8, 4) is 0 Å². The van der Waals surface area contributed by atoms with Crippen molar-refractivity contribution >= 4 is 70.1 Å². The van der Waals surface area contributed by atoms with Gasteiger partial charge in [-0.2, -0.15) is 0 Å². The van der Waals surface area contributed by atoms with Gasteiger partial charge in [-0.25, -0.2) is 0 Å². The minimum absolute atomic E-state index is 0.149. The fraction of sp³-hybridized carbons (Fsp3) is 0.292. The van der Waals surface area contributed by atoms with E-state index in [0.29, 0.717) is 5.15 Å². The van der Waals surface area contributed by atoms with Gasteiger partial charge in [0.1, 0.15) is 0 Å². The Balaban J connectivity index is 1.38. The molecular formula is C48H52B2S3. The molecule has 0 bridgehead atoms. The van der Waals surface area contributed by atoms with E-state index in [2.05, 4.69) is 197 Å². The van der Waals surface area contributed by atoms with Gasteiger partial charge in [-0.3, -0.25) is 0 Å². The molecule has 0 spiro atoms. The van der Waals surface area contributed by atoms with Crippen LogP contribution in [0.2, 0.25) is 0 Å². The van der Waals surface area contributed by atoms with Crippen LogP contribution >= 0.6 is 34.9 Å². The summed E-state index contributed by atoms with van der Waals surface area (Å²) in [6.07, 6.45) is 9.98. The molecule has 7 rings (SSSR count). The van der Waals surface area contributed by atoms with Crippen LogP contribution in [0.4, 0.5) is 0 Å². The van der Waals surface area contributed by atoms with Gasteiger partial charge in [-0.05, 0) is 94.5 Å². The van der Waals surface area contributed by atoms with Gasteiger partial charge in [-0.1, -0.05) is 168 Å². The zero-order valence-corrected chi connectivity index (χ0v) is 36.1. The smallest absolute Gasteiger partial charge is 0.148 e. The number of thiophene rings is 1. The average molecular weight is 747 g/mol. The highest BCUT2D eigenvalue weighted by Gasteiger charge is 2.50. The standard InChI is InChI=1S/C48H52B2S3/c1-28-20-32(5)44(33(6)21-28)49(45-34(7)22-29(2)23-35(45)8)43-16-15-40(52-43)41-17-18-48(53-41,42-14-13-19-51-42)50(46-36(9)24-30(3)25-37(46)10)47-38(11)26-31(4)27-39(47)12/h13-27,43H,1-12H3. The zero-order valence-electron chi connectivity index (χ0n) is 33.6. The quantitative estimate of drug-likeness (QED) is 0.152. The largest absolute Gasteiger partial charge is 0.238 e. The zero-order chi connectivity index (χ0) is 37.9. The van der Waals surface area contributed by atoms with Crippen molar-refractivity contribution in [2.75, 3.05) is 0 Å². The van der Waals surface area contributed by atoms with Gasteiger partial charge in [0, 0.05) is 19.8 Å². The molecule has 3 heterocycles. The Bertz CT molecular complexity index is 2130. The second kappa shape index (κ2) is 14.7. The van der Waals surface area contributed by atoms with Crippen molar-refractivity contribution in [3.05, 3.63) is 172 Å². The molecule has 2 atom stereocenters. The fourth-order valence-corrected chi connectivity index (χ4v) is 13.8. The van der Waals surface area contributed by atoms with E-state index in [1.807, 2.05) is 11.3 Å². The van der Waals surface area contributed by atoms with Crippen LogP contribution in [0.5, 0.6) is 0 Å². The molecule has 268 valence electrons. The van der Waals surface area contributed by atoms with Gasteiger partial charge in [0.05, 0.1) is 4.65 Å². The van der Waals surface area contributed by atoms with Crippen LogP contribution in [0.25, 0.3) is 0 Å². The number of hydrogen-bond donors (Lipinski definition) is 0. The lowest BCUT2D eigenvalue weighted by molar-refractivity contribution is 1.14. The molecule has 0 amide bonds. The third-order valence-corrected chi connectivity index (χ3v) is 15.6. The predicted octanol–water partition coefficient (Wildman–Crippen LogP) is 10.5. The second-order valence-corrected chi connectivity index (χ2v) is 19.5. The molecule has 4 aromatic carbocycles. The summed E-state index contributed by atoms with van der Waals surface area (Å²) in [6.45, 7) is 27.9. The van der Waals surface area contributed by atoms with E-state index in [-0.39, 0.29) is 18.1 Å². The summed E-state index contributed by atoms with van der Waals surface area (Å²) in [7, 11) is 0. The summed E-state index contributed by atoms with van der Waals surface area (Å²) in [4.78, 5) is 4.18. The molecular weight excluding hydrogens is 694 g/mol. The Hall–Kier alpha value is -3.37. The molecule has 2 aliphatic heterocycles. The van der Waals surface area contributed by atoms with E-state index in [1.165, 1.54) is 103 Å². The monoisotopic (exact) mass is 746 g/mol. The van der Waals surface area contributed by atoms with E-state index in [4.69, 9.17) is 0 Å². The minimum atomic E-state index is -0.286. The normalized spacial score (nSPS) is 19.4. The number of aryl methyl sites for hydroxylation is 12. The average Bonchev–Trinajstić information content (AvgIpc) is 3.83. The lowest BCUT2D eigenvalue weighted by Gasteiger charge is -2.37. The summed E-state index contributed by atoms with van der Waals surface area (Å²) < 4.78 is -0.286. The van der Waals surface area contributed by atoms with Crippen molar-refractivity contribution in [3.63, 3.8) is 0 Å². The molecule has 1 aromatic heterocycles. The van der Waals surface area contributed by atoms with Crippen LogP contribution in [0.1, 0.15) is 71.6 Å². The van der Waals surface area contributed by atoms with Gasteiger partial charge in [0.15, 0.2) is 0 Å². The first-order valence-corrected chi connectivity index (χ1v) is 21.6. The number of allylic oxidation sites excluding steroid dienone is 2. The number of rotatable bonds is 7. The van der Waals surface area contributed by atoms with Gasteiger partial charge < -0.3 is 0 Å². The molecule has 0 radical (unpaired) electrons. The Labute approximate surface area is 332 Å². The number of benzene rings is 4. The first-order chi connectivity index (χ1) is 25.2. The highest BCUT2D eigenvalue weighted by Crippen LogP contribution is 2.54. The maximum absolute atomic E-state index is 2.57. The first kappa shape index (κ1) is 37.9. The summed E-state index contributed by atoms with van der Waals surface area (Å²) in [5.41, 5.74) is 22.3. The molecule has 0 aliphatic carbocycles. The third-order valence-electron chi connectivity index (χ3n) is 11.5. The molecule has 0 N–H and O–H groups in total. The molecule has 0 fully saturated rings. The van der Waals surface area contributed by atoms with Crippen molar-refractivity contribution < 1.29 is 0 Å². The van der Waals surface area contributed by atoms with Crippen LogP contribution < -0.4 is 21.9 Å². The Morgan fingerprint density at radius 3 is 1.32 bits per heavy atom. The van der Waals surface area contributed by atoms with Crippen molar-refractivity contribution in [1.29, 1.82) is 0 Å². The van der Waals surface area contributed by atoms with Crippen LogP contribution in [0, 0.1) is 83.1 Å². The minimum Gasteiger partial charge on any atom is -0.148 e. The molecule has 2 unspecified atom stereocenters. The predicted molar refractivity (Wildman–Crippen MR) is 243 cm³/mol. The van der Waals surface area contributed by atoms with E-state index >= 15 is 0 Å². The third kappa shape index (κ3) is 6.92. The van der Waals surface area contributed by atoms with Crippen molar-refractivity contribution in [1.82, 2.24) is 0 Å². The molecule has 5 heteroatoms. The Kier molecular flexibility index (Phi) is 10.5. The molecule has 0 saturated heterocycles. The van der Waals surface area contributed by atoms with Gasteiger partial charge in [0.2, 0.25) is 13.4 Å². The highest BCUT2D eigenvalue weighted by atomic mass is 32.2. The lowest BCUT2D eigenvalue weighted by atomic mass is 9.30. The Morgan fingerprint density at radius 1 is 0.509 bits per heavy atom. The maximum atomic E-state index is 2.57. The maximum Gasteiger partial charge on any atom is 0.238 e. The van der Waals surface area contributed by atoms with Gasteiger partial charge in [-0.15, -0.1) is 34.9 Å². The molecule has 53 heavy (non-hydrogen) atoms. The van der Waals surface area contributed by atoms with E-state index in [0.717, 1.165) is 0 Å². The second-order valence-electron chi connectivity index (χ2n) is 16.0. The topological polar surface area (TPSA) is 0 Å². The lowest BCUT2D eigenvalue weighted by Crippen LogP contribution is -2.58. The van der Waals surface area contributed by atoms with Crippen LogP contribution in [0.3, 0.4) is 0 Å². The Morgan fingerprint density at radius 2 is 0.925 bits per heavy atom. The van der Waals surface area contributed by atoms with Crippen LogP contribution in [-0.4, -0.2) is 18.6 Å². The summed E-state index contributed by atoms with van der Waals surface area (Å²) >= 11 is 6.05. The van der Waals surface area contributed by atoms with Crippen molar-refractivity contribution in [2.45, 2.75) is 92.9 Å². The van der Waals surface area contributed by atoms with E-state index in [1.54, 1.807) is 0 Å². The summed E-state index contributed by atoms with van der Waals surface area (Å²) in [5, 5.41) is 2.56. The number of hydrogen-bond acceptors (Lipinski definition) is 3. The highest BCUT2D eigenvalue weighted by molar-refractivity contribution is 8.09. The molecule has 5 aromatic rings. The first-order valence-electron chi connectivity index (χ1n) is 19.0. The number of thioether (sulfide) groups is 2. The van der Waals surface area contributed by atoms with Gasteiger partial charge in [0.25, 0.3) is 0 Å².